The first-order chi connectivity index (χ1) is 7.59. The van der Waals surface area contributed by atoms with Crippen LogP contribution in [0.1, 0.15) is 32.4 Å². The maximum absolute atomic E-state index is 5.93. The van der Waals surface area contributed by atoms with Crippen LogP contribution in [0.2, 0.25) is 5.02 Å². The predicted octanol–water partition coefficient (Wildman–Crippen LogP) is 2.87. The van der Waals surface area contributed by atoms with Gasteiger partial charge in [-0.15, -0.1) is 0 Å². The van der Waals surface area contributed by atoms with Crippen molar-refractivity contribution >= 4 is 11.6 Å². The fourth-order valence-electron chi connectivity index (χ4n) is 1.52. The lowest BCUT2D eigenvalue weighted by Crippen LogP contribution is -2.20. The summed E-state index contributed by atoms with van der Waals surface area (Å²) in [5.41, 5.74) is 0.916. The molecule has 0 fully saturated rings. The minimum atomic E-state index is 0.729. The zero-order valence-electron chi connectivity index (χ0n) is 10.5. The van der Waals surface area contributed by atoms with Crippen LogP contribution in [0.5, 0.6) is 0 Å². The van der Waals surface area contributed by atoms with Gasteiger partial charge >= 0.3 is 0 Å². The minimum Gasteiger partial charge on any atom is -0.316 e. The average Bonchev–Trinajstić information content (AvgIpc) is 2.52. The fourth-order valence-corrected chi connectivity index (χ4v) is 1.67. The summed E-state index contributed by atoms with van der Waals surface area (Å²) in [5, 5.41) is 8.51. The molecule has 0 radical (unpaired) electrons. The van der Waals surface area contributed by atoms with Crippen molar-refractivity contribution < 1.29 is 0 Å². The lowest BCUT2D eigenvalue weighted by Gasteiger charge is -2.06. The zero-order chi connectivity index (χ0) is 12.0. The second-order valence-corrected chi connectivity index (χ2v) is 5.04. The molecule has 92 valence electrons. The Hall–Kier alpha value is -0.540. The van der Waals surface area contributed by atoms with Crippen LogP contribution in [0.3, 0.4) is 0 Å². The quantitative estimate of drug-likeness (QED) is 0.747. The highest BCUT2D eigenvalue weighted by atomic mass is 35.5. The topological polar surface area (TPSA) is 29.9 Å². The standard InChI is InChI=1S/C12H22ClN3/c1-10(2)8-14-6-4-5-7-16-9-12(13)11(3)15-16/h9-10,14H,4-8H2,1-3H3. The largest absolute Gasteiger partial charge is 0.316 e. The first kappa shape index (κ1) is 13.5. The molecular weight excluding hydrogens is 222 g/mol. The van der Waals surface area contributed by atoms with Crippen LogP contribution in [0, 0.1) is 12.8 Å². The summed E-state index contributed by atoms with van der Waals surface area (Å²) in [6.07, 6.45) is 4.23. The van der Waals surface area contributed by atoms with Crippen molar-refractivity contribution in [1.29, 1.82) is 0 Å². The van der Waals surface area contributed by atoms with Crippen molar-refractivity contribution in [1.82, 2.24) is 15.1 Å². The van der Waals surface area contributed by atoms with E-state index in [0.717, 1.165) is 42.7 Å². The Morgan fingerprint density at radius 1 is 1.44 bits per heavy atom. The first-order valence-corrected chi connectivity index (χ1v) is 6.37. The highest BCUT2D eigenvalue weighted by Gasteiger charge is 2.00. The molecule has 3 nitrogen and oxygen atoms in total. The van der Waals surface area contributed by atoms with Crippen molar-refractivity contribution in [2.45, 2.75) is 40.2 Å². The third kappa shape index (κ3) is 4.99. The Morgan fingerprint density at radius 3 is 2.75 bits per heavy atom. The third-order valence-corrected chi connectivity index (χ3v) is 2.80. The van der Waals surface area contributed by atoms with E-state index in [9.17, 15) is 0 Å². The van der Waals surface area contributed by atoms with Gasteiger partial charge < -0.3 is 5.32 Å². The van der Waals surface area contributed by atoms with E-state index in [1.165, 1.54) is 6.42 Å². The maximum atomic E-state index is 5.93. The van der Waals surface area contributed by atoms with Gasteiger partial charge in [-0.25, -0.2) is 0 Å². The summed E-state index contributed by atoms with van der Waals surface area (Å²) in [4.78, 5) is 0. The fraction of sp³-hybridized carbons (Fsp3) is 0.750. The van der Waals surface area contributed by atoms with Crippen molar-refractivity contribution in [3.8, 4) is 0 Å². The smallest absolute Gasteiger partial charge is 0.0814 e. The van der Waals surface area contributed by atoms with E-state index >= 15 is 0 Å². The van der Waals surface area contributed by atoms with Gasteiger partial charge in [-0.2, -0.15) is 5.10 Å². The van der Waals surface area contributed by atoms with Crippen molar-refractivity contribution in [2.24, 2.45) is 5.92 Å². The lowest BCUT2D eigenvalue weighted by molar-refractivity contribution is 0.505. The van der Waals surface area contributed by atoms with Gasteiger partial charge in [0.25, 0.3) is 0 Å². The van der Waals surface area contributed by atoms with Crippen LogP contribution in [-0.2, 0) is 6.54 Å². The molecule has 1 aromatic heterocycles. The van der Waals surface area contributed by atoms with Crippen LogP contribution in [-0.4, -0.2) is 22.9 Å². The van der Waals surface area contributed by atoms with Crippen LogP contribution in [0.4, 0.5) is 0 Å². The molecule has 1 aromatic rings. The molecule has 0 amide bonds. The number of halogens is 1. The van der Waals surface area contributed by atoms with E-state index < -0.39 is 0 Å². The Morgan fingerprint density at radius 2 is 2.19 bits per heavy atom. The van der Waals surface area contributed by atoms with E-state index in [1.54, 1.807) is 0 Å². The summed E-state index contributed by atoms with van der Waals surface area (Å²) in [6, 6.07) is 0. The zero-order valence-corrected chi connectivity index (χ0v) is 11.2. The molecule has 4 heteroatoms. The Kier molecular flexibility index (Phi) is 5.85. The van der Waals surface area contributed by atoms with Gasteiger partial charge in [0.1, 0.15) is 0 Å². The number of hydrogen-bond donors (Lipinski definition) is 1. The molecule has 1 rings (SSSR count). The number of nitrogens with zero attached hydrogens (tertiary/aromatic N) is 2. The van der Waals surface area contributed by atoms with Crippen molar-refractivity contribution in [3.05, 3.63) is 16.9 Å². The van der Waals surface area contributed by atoms with Crippen molar-refractivity contribution in [3.63, 3.8) is 0 Å². The van der Waals surface area contributed by atoms with E-state index in [2.05, 4.69) is 24.3 Å². The summed E-state index contributed by atoms with van der Waals surface area (Å²) in [6.45, 7) is 9.53. The monoisotopic (exact) mass is 243 g/mol. The van der Waals surface area contributed by atoms with E-state index in [1.807, 2.05) is 17.8 Å². The molecule has 0 spiro atoms. The van der Waals surface area contributed by atoms with Crippen LogP contribution < -0.4 is 5.32 Å². The normalized spacial score (nSPS) is 11.3. The Bertz CT molecular complexity index is 288. The average molecular weight is 244 g/mol. The summed E-state index contributed by atoms with van der Waals surface area (Å²) in [5.74, 6) is 0.729. The third-order valence-electron chi connectivity index (χ3n) is 2.43. The minimum absolute atomic E-state index is 0.729. The molecule has 0 bridgehead atoms. The summed E-state index contributed by atoms with van der Waals surface area (Å²) < 4.78 is 1.93. The Labute approximate surface area is 103 Å². The van der Waals surface area contributed by atoms with Gasteiger partial charge in [0.2, 0.25) is 0 Å². The maximum Gasteiger partial charge on any atom is 0.0814 e. The molecule has 1 heterocycles. The van der Waals surface area contributed by atoms with Gasteiger partial charge in [-0.05, 0) is 38.8 Å². The molecule has 0 aromatic carbocycles. The molecule has 1 N–H and O–H groups in total. The number of unbranched alkanes of at least 4 members (excludes halogenated alkanes) is 1. The Balaban J connectivity index is 2.07. The van der Waals surface area contributed by atoms with Crippen molar-refractivity contribution in [2.75, 3.05) is 13.1 Å². The lowest BCUT2D eigenvalue weighted by atomic mass is 10.2. The molecule has 0 saturated heterocycles. The molecule has 0 unspecified atom stereocenters. The number of aryl methyl sites for hydroxylation is 2. The molecule has 0 atom stereocenters. The highest BCUT2D eigenvalue weighted by Crippen LogP contribution is 2.12. The van der Waals surface area contributed by atoms with E-state index in [-0.39, 0.29) is 0 Å². The predicted molar refractivity (Wildman–Crippen MR) is 68.9 cm³/mol. The molecule has 0 aliphatic heterocycles. The van der Waals surface area contributed by atoms with Gasteiger partial charge in [0, 0.05) is 12.7 Å². The molecule has 16 heavy (non-hydrogen) atoms. The first-order valence-electron chi connectivity index (χ1n) is 6.00. The molecular formula is C12H22ClN3. The van der Waals surface area contributed by atoms with Crippen LogP contribution >= 0.6 is 11.6 Å². The van der Waals surface area contributed by atoms with E-state index in [4.69, 9.17) is 11.6 Å². The molecule has 0 aliphatic carbocycles. The number of nitrogens with one attached hydrogen (secondary N) is 1. The highest BCUT2D eigenvalue weighted by molar-refractivity contribution is 6.31. The van der Waals surface area contributed by atoms with Gasteiger partial charge in [-0.3, -0.25) is 4.68 Å². The number of rotatable bonds is 7. The molecule has 0 saturated carbocycles. The van der Waals surface area contributed by atoms with Crippen LogP contribution in [0.15, 0.2) is 6.20 Å². The van der Waals surface area contributed by atoms with E-state index in [0.29, 0.717) is 0 Å². The second kappa shape index (κ2) is 6.92. The van der Waals surface area contributed by atoms with Gasteiger partial charge in [-0.1, -0.05) is 25.4 Å². The number of aromatic nitrogens is 2. The van der Waals surface area contributed by atoms with Gasteiger partial charge in [0.15, 0.2) is 0 Å². The summed E-state index contributed by atoms with van der Waals surface area (Å²) in [7, 11) is 0. The second-order valence-electron chi connectivity index (χ2n) is 4.63. The molecule has 0 aliphatic rings. The van der Waals surface area contributed by atoms with Crippen LogP contribution in [0.25, 0.3) is 0 Å². The SMILES string of the molecule is Cc1nn(CCCCNCC(C)C)cc1Cl. The van der Waals surface area contributed by atoms with Gasteiger partial charge in [0.05, 0.1) is 10.7 Å². The number of hydrogen-bond acceptors (Lipinski definition) is 2. The summed E-state index contributed by atoms with van der Waals surface area (Å²) >= 11 is 5.93.